The number of rotatable bonds is 4. The second kappa shape index (κ2) is 7.67. The van der Waals surface area contributed by atoms with E-state index in [-0.39, 0.29) is 11.7 Å². The molecule has 1 fully saturated rings. The highest BCUT2D eigenvalue weighted by Crippen LogP contribution is 2.29. The van der Waals surface area contributed by atoms with E-state index in [1.54, 1.807) is 11.7 Å². The highest BCUT2D eigenvalue weighted by Gasteiger charge is 2.24. The number of nitrogens with zero attached hydrogens (tertiary/aromatic N) is 5. The van der Waals surface area contributed by atoms with Crippen LogP contribution in [-0.4, -0.2) is 43.9 Å². The van der Waals surface area contributed by atoms with Gasteiger partial charge in [0.1, 0.15) is 22.5 Å². The van der Waals surface area contributed by atoms with Crippen LogP contribution >= 0.6 is 0 Å². The first-order valence-corrected chi connectivity index (χ1v) is 11.1. The Hall–Kier alpha value is -3.78. The predicted octanol–water partition coefficient (Wildman–Crippen LogP) is 3.78. The van der Waals surface area contributed by atoms with Crippen LogP contribution in [0.3, 0.4) is 0 Å². The molecular formula is C25H23N5O3. The fourth-order valence-corrected chi connectivity index (χ4v) is 4.61. The number of para-hydroxylation sites is 2. The van der Waals surface area contributed by atoms with Crippen LogP contribution in [0.5, 0.6) is 5.75 Å². The maximum atomic E-state index is 13.8. The Balaban J connectivity index is 1.69. The summed E-state index contributed by atoms with van der Waals surface area (Å²) in [5.74, 6) is 1.39. The fraction of sp³-hybridized carbons (Fsp3) is 0.280. The third-order valence-electron chi connectivity index (χ3n) is 6.29. The van der Waals surface area contributed by atoms with Gasteiger partial charge in [0.15, 0.2) is 11.3 Å². The molecule has 0 bridgehead atoms. The van der Waals surface area contributed by atoms with E-state index in [9.17, 15) is 4.79 Å². The molecule has 4 heterocycles. The van der Waals surface area contributed by atoms with Crippen molar-refractivity contribution in [2.24, 2.45) is 0 Å². The molecule has 1 aliphatic heterocycles. The molecule has 0 N–H and O–H groups in total. The van der Waals surface area contributed by atoms with Crippen molar-refractivity contribution in [1.82, 2.24) is 24.1 Å². The molecule has 33 heavy (non-hydrogen) atoms. The summed E-state index contributed by atoms with van der Waals surface area (Å²) in [6, 6.07) is 15.3. The maximum Gasteiger partial charge on any atom is 0.265 e. The molecule has 8 nitrogen and oxygen atoms in total. The Morgan fingerprint density at radius 1 is 1.03 bits per heavy atom. The number of fused-ring (bicyclic) bond motifs is 4. The lowest BCUT2D eigenvalue weighted by Gasteiger charge is -2.14. The normalized spacial score (nSPS) is 16.2. The minimum atomic E-state index is -0.116. The smallest absolute Gasteiger partial charge is 0.265 e. The Morgan fingerprint density at radius 3 is 2.48 bits per heavy atom. The van der Waals surface area contributed by atoms with E-state index in [1.165, 1.54) is 0 Å². The number of hydrogen-bond donors (Lipinski definition) is 0. The first-order valence-electron chi connectivity index (χ1n) is 11.1. The van der Waals surface area contributed by atoms with Crippen molar-refractivity contribution in [2.75, 3.05) is 13.7 Å². The topological polar surface area (TPSA) is 84.1 Å². The minimum Gasteiger partial charge on any atom is -0.497 e. The Bertz CT molecular complexity index is 1560. The third kappa shape index (κ3) is 3.17. The monoisotopic (exact) mass is 441 g/mol. The van der Waals surface area contributed by atoms with Gasteiger partial charge in [-0.25, -0.2) is 15.0 Å². The zero-order valence-electron chi connectivity index (χ0n) is 18.5. The SMILES string of the molecule is COc1ccc(-n2c3nc4ccccc4nc3c3c(=O)n(C[C@H]4CCCO4)c(C)nc32)cc1. The van der Waals surface area contributed by atoms with Crippen LogP contribution in [0.1, 0.15) is 18.7 Å². The molecule has 2 aromatic carbocycles. The van der Waals surface area contributed by atoms with Gasteiger partial charge in [-0.05, 0) is 56.2 Å². The number of methoxy groups -OCH3 is 1. The zero-order valence-corrected chi connectivity index (χ0v) is 18.5. The van der Waals surface area contributed by atoms with Crippen molar-refractivity contribution in [3.63, 3.8) is 0 Å². The largest absolute Gasteiger partial charge is 0.497 e. The van der Waals surface area contributed by atoms with Gasteiger partial charge < -0.3 is 9.47 Å². The Labute approximate surface area is 189 Å². The van der Waals surface area contributed by atoms with E-state index in [4.69, 9.17) is 24.4 Å². The van der Waals surface area contributed by atoms with Crippen LogP contribution < -0.4 is 10.3 Å². The molecular weight excluding hydrogens is 418 g/mol. The van der Waals surface area contributed by atoms with Gasteiger partial charge in [-0.2, -0.15) is 0 Å². The average Bonchev–Trinajstić information content (AvgIpc) is 3.46. The first kappa shape index (κ1) is 19.9. The molecule has 0 radical (unpaired) electrons. The summed E-state index contributed by atoms with van der Waals surface area (Å²) in [4.78, 5) is 28.4. The van der Waals surface area contributed by atoms with Crippen molar-refractivity contribution in [2.45, 2.75) is 32.4 Å². The van der Waals surface area contributed by atoms with Crippen LogP contribution in [0.15, 0.2) is 53.3 Å². The highest BCUT2D eigenvalue weighted by atomic mass is 16.5. The third-order valence-corrected chi connectivity index (χ3v) is 6.29. The molecule has 0 aliphatic carbocycles. The molecule has 0 unspecified atom stereocenters. The van der Waals surface area contributed by atoms with Crippen molar-refractivity contribution >= 4 is 33.2 Å². The summed E-state index contributed by atoms with van der Waals surface area (Å²) in [6.45, 7) is 3.09. The van der Waals surface area contributed by atoms with Gasteiger partial charge in [0.05, 0.1) is 30.8 Å². The molecule has 3 aromatic heterocycles. The lowest BCUT2D eigenvalue weighted by atomic mass is 10.2. The molecule has 166 valence electrons. The quantitative estimate of drug-likeness (QED) is 0.422. The van der Waals surface area contributed by atoms with Gasteiger partial charge in [-0.15, -0.1) is 0 Å². The minimum absolute atomic E-state index is 0.0301. The number of ether oxygens (including phenoxy) is 2. The zero-order chi connectivity index (χ0) is 22.5. The van der Waals surface area contributed by atoms with Crippen molar-refractivity contribution in [3.05, 3.63) is 64.7 Å². The van der Waals surface area contributed by atoms with E-state index < -0.39 is 0 Å². The van der Waals surface area contributed by atoms with Gasteiger partial charge in [0.2, 0.25) is 0 Å². The van der Waals surface area contributed by atoms with E-state index in [0.717, 1.165) is 41.9 Å². The summed E-state index contributed by atoms with van der Waals surface area (Å²) in [7, 11) is 1.63. The Morgan fingerprint density at radius 2 is 1.79 bits per heavy atom. The molecule has 5 aromatic rings. The number of aromatic nitrogens is 5. The first-order chi connectivity index (χ1) is 16.1. The predicted molar refractivity (Wildman–Crippen MR) is 126 cm³/mol. The van der Waals surface area contributed by atoms with Crippen molar-refractivity contribution in [1.29, 1.82) is 0 Å². The van der Waals surface area contributed by atoms with Crippen LogP contribution in [-0.2, 0) is 11.3 Å². The summed E-state index contributed by atoms with van der Waals surface area (Å²) in [5, 5.41) is 0.475. The summed E-state index contributed by atoms with van der Waals surface area (Å²) in [5.41, 5.74) is 3.93. The molecule has 1 saturated heterocycles. The highest BCUT2D eigenvalue weighted by molar-refractivity contribution is 6.05. The van der Waals surface area contributed by atoms with Gasteiger partial charge >= 0.3 is 0 Å². The second-order valence-electron chi connectivity index (χ2n) is 8.33. The lowest BCUT2D eigenvalue weighted by Crippen LogP contribution is -2.29. The van der Waals surface area contributed by atoms with Gasteiger partial charge in [-0.1, -0.05) is 12.1 Å². The molecule has 0 amide bonds. The van der Waals surface area contributed by atoms with Crippen LogP contribution in [0.2, 0.25) is 0 Å². The van der Waals surface area contributed by atoms with E-state index in [2.05, 4.69) is 0 Å². The van der Waals surface area contributed by atoms with Gasteiger partial charge in [-0.3, -0.25) is 13.9 Å². The van der Waals surface area contributed by atoms with Crippen LogP contribution in [0, 0.1) is 6.92 Å². The fourth-order valence-electron chi connectivity index (χ4n) is 4.61. The lowest BCUT2D eigenvalue weighted by molar-refractivity contribution is 0.0955. The van der Waals surface area contributed by atoms with Gasteiger partial charge in [0, 0.05) is 12.3 Å². The maximum absolute atomic E-state index is 13.8. The Kier molecular flexibility index (Phi) is 4.62. The van der Waals surface area contributed by atoms with Crippen LogP contribution in [0.25, 0.3) is 38.9 Å². The molecule has 1 aliphatic rings. The van der Waals surface area contributed by atoms with Crippen molar-refractivity contribution < 1.29 is 9.47 Å². The molecule has 0 saturated carbocycles. The molecule has 1 atom stereocenters. The number of aryl methyl sites for hydroxylation is 1. The second-order valence-corrected chi connectivity index (χ2v) is 8.33. The molecule has 6 rings (SSSR count). The number of hydrogen-bond acceptors (Lipinski definition) is 6. The summed E-state index contributed by atoms with van der Waals surface area (Å²) >= 11 is 0. The summed E-state index contributed by atoms with van der Waals surface area (Å²) < 4.78 is 14.7. The van der Waals surface area contributed by atoms with Crippen molar-refractivity contribution in [3.8, 4) is 11.4 Å². The summed E-state index contributed by atoms with van der Waals surface area (Å²) in [6.07, 6.45) is 1.99. The molecule has 0 spiro atoms. The average molecular weight is 441 g/mol. The van der Waals surface area contributed by atoms with E-state index in [0.29, 0.717) is 34.6 Å². The van der Waals surface area contributed by atoms with Gasteiger partial charge in [0.25, 0.3) is 5.56 Å². The number of benzene rings is 2. The van der Waals surface area contributed by atoms with Crippen LogP contribution in [0.4, 0.5) is 0 Å². The van der Waals surface area contributed by atoms with E-state index >= 15 is 0 Å². The van der Waals surface area contributed by atoms with E-state index in [1.807, 2.05) is 60.0 Å². The molecule has 8 heteroatoms. The standard InChI is InChI=1S/C25H23N5O3/c1-15-26-23-21(25(31)29(15)14-18-6-5-13-33-18)22-24(28-20-8-4-3-7-19(20)27-22)30(23)16-9-11-17(32-2)12-10-16/h3-4,7-12,18H,5-6,13-14H2,1-2H3/t18-/m1/s1.